The highest BCUT2D eigenvalue weighted by molar-refractivity contribution is 6.30. The van der Waals surface area contributed by atoms with E-state index < -0.39 is 0 Å². The molecule has 4 aromatic rings. The molecule has 7 heteroatoms. The lowest BCUT2D eigenvalue weighted by Gasteiger charge is -2.13. The zero-order valence-corrected chi connectivity index (χ0v) is 20.0. The number of aryl methyl sites for hydroxylation is 4. The van der Waals surface area contributed by atoms with E-state index in [9.17, 15) is 9.59 Å². The monoisotopic (exact) mass is 462 g/mol. The van der Waals surface area contributed by atoms with Crippen molar-refractivity contribution in [2.75, 3.05) is 0 Å². The van der Waals surface area contributed by atoms with E-state index in [1.54, 1.807) is 23.7 Å². The fourth-order valence-corrected chi connectivity index (χ4v) is 4.29. The van der Waals surface area contributed by atoms with Gasteiger partial charge >= 0.3 is 0 Å². The molecule has 0 aliphatic heterocycles. The van der Waals surface area contributed by atoms with Crippen molar-refractivity contribution < 1.29 is 4.79 Å². The largest absolute Gasteiger partial charge is 0.352 e. The second-order valence-corrected chi connectivity index (χ2v) is 8.84. The highest BCUT2D eigenvalue weighted by Gasteiger charge is 2.20. The molecule has 2 aromatic heterocycles. The van der Waals surface area contributed by atoms with Crippen molar-refractivity contribution in [3.8, 4) is 5.69 Å². The topological polar surface area (TPSA) is 68.9 Å². The minimum Gasteiger partial charge on any atom is -0.352 e. The molecule has 6 nitrogen and oxygen atoms in total. The molecular weight excluding hydrogens is 436 g/mol. The predicted molar refractivity (Wildman–Crippen MR) is 132 cm³/mol. The van der Waals surface area contributed by atoms with Crippen molar-refractivity contribution in [1.29, 1.82) is 0 Å². The van der Waals surface area contributed by atoms with Crippen LogP contribution in [-0.4, -0.2) is 20.3 Å². The molecule has 33 heavy (non-hydrogen) atoms. The van der Waals surface area contributed by atoms with Crippen LogP contribution in [0.4, 0.5) is 0 Å². The van der Waals surface area contributed by atoms with Crippen molar-refractivity contribution in [3.05, 3.63) is 91.9 Å². The molecule has 0 saturated heterocycles. The SMILES string of the molecule is Cc1ccc(-n2nc(C)c3c(C)c(CCC(=O)NCc4ccc(Cl)cc4)c(=O)n(C)c32)cc1. The number of nitrogens with zero attached hydrogens (tertiary/aromatic N) is 3. The molecule has 0 saturated carbocycles. The second kappa shape index (κ2) is 9.24. The fourth-order valence-electron chi connectivity index (χ4n) is 4.16. The van der Waals surface area contributed by atoms with Gasteiger partial charge < -0.3 is 5.32 Å². The predicted octanol–water partition coefficient (Wildman–Crippen LogP) is 4.55. The summed E-state index contributed by atoms with van der Waals surface area (Å²) in [6.07, 6.45) is 0.608. The number of carbonyl (C=O) groups excluding carboxylic acids is 1. The number of rotatable bonds is 6. The first kappa shape index (κ1) is 22.8. The Morgan fingerprint density at radius 1 is 1.03 bits per heavy atom. The number of carbonyl (C=O) groups is 1. The van der Waals surface area contributed by atoms with Gasteiger partial charge in [0.15, 0.2) is 0 Å². The third-order valence-corrected chi connectivity index (χ3v) is 6.28. The molecule has 2 heterocycles. The smallest absolute Gasteiger partial charge is 0.255 e. The third-order valence-electron chi connectivity index (χ3n) is 6.03. The standard InChI is InChI=1S/C26H27ClN4O2/c1-16-5-11-21(12-6-16)31-25-24(18(3)29-31)17(2)22(26(33)30(25)4)13-14-23(32)28-15-19-7-9-20(27)10-8-19/h5-12H,13-15H2,1-4H3,(H,28,32). The fraction of sp³-hybridized carbons (Fsp3) is 0.269. The van der Waals surface area contributed by atoms with E-state index in [4.69, 9.17) is 16.7 Å². The van der Waals surface area contributed by atoms with Gasteiger partial charge in [-0.1, -0.05) is 41.4 Å². The van der Waals surface area contributed by atoms with Gasteiger partial charge in [0.05, 0.1) is 11.4 Å². The lowest BCUT2D eigenvalue weighted by atomic mass is 10.0. The van der Waals surface area contributed by atoms with E-state index in [2.05, 4.69) is 5.32 Å². The van der Waals surface area contributed by atoms with E-state index in [0.717, 1.165) is 39.1 Å². The van der Waals surface area contributed by atoms with Crippen LogP contribution in [0.2, 0.25) is 5.02 Å². The number of amides is 1. The zero-order valence-electron chi connectivity index (χ0n) is 19.3. The van der Waals surface area contributed by atoms with Gasteiger partial charge in [-0.05, 0) is 62.6 Å². The molecule has 2 aromatic carbocycles. The maximum atomic E-state index is 13.3. The Morgan fingerprint density at radius 2 is 1.70 bits per heavy atom. The molecule has 1 amide bonds. The summed E-state index contributed by atoms with van der Waals surface area (Å²) in [6.45, 7) is 6.36. The molecule has 0 radical (unpaired) electrons. The minimum atomic E-state index is -0.0985. The van der Waals surface area contributed by atoms with E-state index in [0.29, 0.717) is 23.6 Å². The molecule has 170 valence electrons. The van der Waals surface area contributed by atoms with E-state index in [-0.39, 0.29) is 17.9 Å². The maximum absolute atomic E-state index is 13.3. The van der Waals surface area contributed by atoms with Crippen LogP contribution < -0.4 is 10.9 Å². The van der Waals surface area contributed by atoms with Crippen molar-refractivity contribution >= 4 is 28.5 Å². The summed E-state index contributed by atoms with van der Waals surface area (Å²) in [5, 5.41) is 9.25. The Kier molecular flexibility index (Phi) is 6.38. The third kappa shape index (κ3) is 4.57. The lowest BCUT2D eigenvalue weighted by Crippen LogP contribution is -2.27. The molecule has 1 N–H and O–H groups in total. The van der Waals surface area contributed by atoms with Crippen molar-refractivity contribution in [3.63, 3.8) is 0 Å². The van der Waals surface area contributed by atoms with Crippen LogP contribution in [-0.2, 0) is 24.8 Å². The summed E-state index contributed by atoms with van der Waals surface area (Å²) in [5.41, 5.74) is 6.09. The van der Waals surface area contributed by atoms with Crippen LogP contribution in [0.25, 0.3) is 16.7 Å². The second-order valence-electron chi connectivity index (χ2n) is 8.40. The summed E-state index contributed by atoms with van der Waals surface area (Å²) >= 11 is 5.90. The molecule has 4 rings (SSSR count). The number of hydrogen-bond acceptors (Lipinski definition) is 3. The zero-order chi connectivity index (χ0) is 23.7. The Hall–Kier alpha value is -3.38. The van der Waals surface area contributed by atoms with Crippen LogP contribution in [0, 0.1) is 20.8 Å². The average Bonchev–Trinajstić information content (AvgIpc) is 3.15. The summed E-state index contributed by atoms with van der Waals surface area (Å²) in [7, 11) is 1.76. The number of nitrogens with one attached hydrogen (secondary N) is 1. The molecule has 0 spiro atoms. The number of hydrogen-bond donors (Lipinski definition) is 1. The van der Waals surface area contributed by atoms with E-state index in [1.807, 2.05) is 61.9 Å². The first-order chi connectivity index (χ1) is 15.8. The van der Waals surface area contributed by atoms with Gasteiger partial charge in [0.2, 0.25) is 5.91 Å². The average molecular weight is 463 g/mol. The number of benzene rings is 2. The molecular formula is C26H27ClN4O2. The molecule has 0 fully saturated rings. The van der Waals surface area contributed by atoms with E-state index >= 15 is 0 Å². The van der Waals surface area contributed by atoms with Gasteiger partial charge in [0.1, 0.15) is 5.65 Å². The normalized spacial score (nSPS) is 11.2. The molecule has 0 bridgehead atoms. The molecule has 0 aliphatic rings. The van der Waals surface area contributed by atoms with Gasteiger partial charge in [-0.3, -0.25) is 14.2 Å². The van der Waals surface area contributed by atoms with Crippen molar-refractivity contribution in [2.24, 2.45) is 7.05 Å². The molecule has 0 atom stereocenters. The number of halogens is 1. The molecule has 0 unspecified atom stereocenters. The quantitative estimate of drug-likeness (QED) is 0.457. The Bertz CT molecular complexity index is 1380. The van der Waals surface area contributed by atoms with Crippen LogP contribution in [0.5, 0.6) is 0 Å². The van der Waals surface area contributed by atoms with Gasteiger partial charge in [0.25, 0.3) is 5.56 Å². The van der Waals surface area contributed by atoms with Crippen molar-refractivity contribution in [2.45, 2.75) is 40.2 Å². The lowest BCUT2D eigenvalue weighted by molar-refractivity contribution is -0.121. The first-order valence-electron chi connectivity index (χ1n) is 10.9. The summed E-state index contributed by atoms with van der Waals surface area (Å²) in [5.74, 6) is -0.0985. The van der Waals surface area contributed by atoms with Crippen LogP contribution >= 0.6 is 11.6 Å². The van der Waals surface area contributed by atoms with Gasteiger partial charge in [-0.2, -0.15) is 5.10 Å². The number of aromatic nitrogens is 3. The summed E-state index contributed by atoms with van der Waals surface area (Å²) < 4.78 is 3.46. The van der Waals surface area contributed by atoms with Crippen LogP contribution in [0.1, 0.15) is 34.4 Å². The van der Waals surface area contributed by atoms with E-state index in [1.165, 1.54) is 0 Å². The minimum absolute atomic E-state index is 0.0984. The molecule has 0 aliphatic carbocycles. The Balaban J connectivity index is 1.59. The number of fused-ring (bicyclic) bond motifs is 1. The highest BCUT2D eigenvalue weighted by Crippen LogP contribution is 2.26. The summed E-state index contributed by atoms with van der Waals surface area (Å²) in [4.78, 5) is 25.7. The Labute approximate surface area is 197 Å². The van der Waals surface area contributed by atoms with Gasteiger partial charge in [-0.15, -0.1) is 0 Å². The van der Waals surface area contributed by atoms with Gasteiger partial charge in [0, 0.05) is 36.0 Å². The maximum Gasteiger partial charge on any atom is 0.255 e. The first-order valence-corrected chi connectivity index (χ1v) is 11.3. The Morgan fingerprint density at radius 3 is 2.36 bits per heavy atom. The number of pyridine rings is 1. The van der Waals surface area contributed by atoms with Crippen molar-refractivity contribution in [1.82, 2.24) is 19.7 Å². The highest BCUT2D eigenvalue weighted by atomic mass is 35.5. The van der Waals surface area contributed by atoms with Gasteiger partial charge in [-0.25, -0.2) is 4.68 Å². The van der Waals surface area contributed by atoms with Crippen LogP contribution in [0.3, 0.4) is 0 Å². The summed E-state index contributed by atoms with van der Waals surface area (Å²) in [6, 6.07) is 15.4. The van der Waals surface area contributed by atoms with Crippen LogP contribution in [0.15, 0.2) is 53.3 Å².